The maximum atomic E-state index is 13.6. The molecular weight excluding hydrogens is 412 g/mol. The van der Waals surface area contributed by atoms with Gasteiger partial charge in [0.1, 0.15) is 0 Å². The third-order valence-corrected chi connectivity index (χ3v) is 7.41. The number of carboxylic acid groups (broad SMARTS) is 1. The number of pyridine rings is 1. The van der Waals surface area contributed by atoms with Gasteiger partial charge < -0.3 is 24.7 Å². The molecule has 32 heavy (non-hydrogen) atoms. The number of ether oxygens (including phenoxy) is 1. The number of hydrogen-bond donors (Lipinski definition) is 2. The van der Waals surface area contributed by atoms with Gasteiger partial charge in [-0.15, -0.1) is 0 Å². The second-order valence-corrected chi connectivity index (χ2v) is 9.24. The molecule has 3 heterocycles. The fourth-order valence-electron chi connectivity index (χ4n) is 5.65. The molecule has 2 amide bonds. The van der Waals surface area contributed by atoms with Gasteiger partial charge in [0.25, 0.3) is 0 Å². The molecule has 1 spiro atoms. The predicted molar refractivity (Wildman–Crippen MR) is 120 cm³/mol. The van der Waals surface area contributed by atoms with Crippen molar-refractivity contribution < 1.29 is 24.5 Å². The average Bonchev–Trinajstić information content (AvgIpc) is 3.10. The van der Waals surface area contributed by atoms with E-state index in [9.17, 15) is 19.8 Å². The number of piperidine rings is 1. The molecule has 176 valence electrons. The molecule has 0 radical (unpaired) electrons. The van der Waals surface area contributed by atoms with Crippen LogP contribution in [0.15, 0.2) is 12.1 Å². The van der Waals surface area contributed by atoms with Crippen LogP contribution in [-0.2, 0) is 4.79 Å². The number of aliphatic hydroxyl groups is 1. The number of anilines is 2. The number of hydrogen-bond acceptors (Lipinski definition) is 6. The highest BCUT2D eigenvalue weighted by atomic mass is 16.5. The van der Waals surface area contributed by atoms with Crippen molar-refractivity contribution in [1.82, 2.24) is 9.88 Å². The summed E-state index contributed by atoms with van der Waals surface area (Å²) in [6.07, 6.45) is 4.45. The monoisotopic (exact) mass is 446 g/mol. The van der Waals surface area contributed by atoms with Crippen molar-refractivity contribution in [3.05, 3.63) is 12.1 Å². The third-order valence-electron chi connectivity index (χ3n) is 7.41. The summed E-state index contributed by atoms with van der Waals surface area (Å²) in [6, 6.07) is 3.62. The summed E-state index contributed by atoms with van der Waals surface area (Å²) in [6.45, 7) is 4.09. The Kier molecular flexibility index (Phi) is 6.46. The molecule has 3 fully saturated rings. The van der Waals surface area contributed by atoms with E-state index in [1.807, 2.05) is 4.90 Å². The Morgan fingerprint density at radius 3 is 2.66 bits per heavy atom. The normalized spacial score (nSPS) is 28.3. The zero-order valence-electron chi connectivity index (χ0n) is 19.0. The minimum atomic E-state index is -1.03. The molecule has 2 saturated heterocycles. The van der Waals surface area contributed by atoms with E-state index < -0.39 is 11.5 Å². The quantitative estimate of drug-likeness (QED) is 0.716. The summed E-state index contributed by atoms with van der Waals surface area (Å²) in [4.78, 5) is 35.5. The highest BCUT2D eigenvalue weighted by Gasteiger charge is 2.51. The van der Waals surface area contributed by atoms with Crippen LogP contribution >= 0.6 is 0 Å². The molecule has 0 aromatic carbocycles. The molecule has 1 saturated carbocycles. The lowest BCUT2D eigenvalue weighted by Gasteiger charge is -2.41. The first kappa shape index (κ1) is 22.6. The van der Waals surface area contributed by atoms with Crippen molar-refractivity contribution >= 4 is 23.5 Å². The highest BCUT2D eigenvalue weighted by molar-refractivity contribution is 5.91. The summed E-state index contributed by atoms with van der Waals surface area (Å²) in [5.41, 5.74) is 0.0535. The Morgan fingerprint density at radius 2 is 2.00 bits per heavy atom. The van der Waals surface area contributed by atoms with E-state index >= 15 is 0 Å². The third kappa shape index (κ3) is 4.10. The number of carbonyl (C=O) groups is 2. The fraction of sp³-hybridized carbons (Fsp3) is 0.696. The summed E-state index contributed by atoms with van der Waals surface area (Å²) in [5.74, 6) is 1.18. The first-order chi connectivity index (χ1) is 15.4. The molecule has 1 aromatic rings. The van der Waals surface area contributed by atoms with Crippen molar-refractivity contribution in [2.24, 2.45) is 5.41 Å². The summed E-state index contributed by atoms with van der Waals surface area (Å²) >= 11 is 0. The van der Waals surface area contributed by atoms with E-state index in [-0.39, 0.29) is 18.1 Å². The number of nitrogens with zero attached hydrogens (tertiary/aromatic N) is 4. The molecule has 0 bridgehead atoms. The smallest absolute Gasteiger partial charge is 0.411 e. The van der Waals surface area contributed by atoms with Crippen LogP contribution in [0.5, 0.6) is 5.88 Å². The predicted octanol–water partition coefficient (Wildman–Crippen LogP) is 2.72. The molecular formula is C23H34N4O5. The Labute approximate surface area is 189 Å². The molecule has 3 aliphatic rings. The average molecular weight is 447 g/mol. The van der Waals surface area contributed by atoms with Crippen LogP contribution in [0.3, 0.4) is 0 Å². The lowest BCUT2D eigenvalue weighted by atomic mass is 9.78. The van der Waals surface area contributed by atoms with Crippen molar-refractivity contribution in [3.8, 4) is 5.88 Å². The van der Waals surface area contributed by atoms with Gasteiger partial charge in [-0.2, -0.15) is 4.98 Å². The fourth-order valence-corrected chi connectivity index (χ4v) is 5.65. The van der Waals surface area contributed by atoms with Crippen LogP contribution in [0.4, 0.5) is 16.3 Å². The summed E-state index contributed by atoms with van der Waals surface area (Å²) < 4.78 is 5.32. The topological polar surface area (TPSA) is 106 Å². The van der Waals surface area contributed by atoms with Gasteiger partial charge >= 0.3 is 6.09 Å². The van der Waals surface area contributed by atoms with Crippen LogP contribution in [0.1, 0.15) is 51.9 Å². The van der Waals surface area contributed by atoms with Crippen molar-refractivity contribution in [1.29, 1.82) is 0 Å². The second kappa shape index (κ2) is 9.13. The number of aliphatic hydroxyl groups excluding tert-OH is 1. The molecule has 1 aliphatic carbocycles. The van der Waals surface area contributed by atoms with Gasteiger partial charge in [0.15, 0.2) is 5.82 Å². The molecule has 2 aliphatic heterocycles. The zero-order valence-corrected chi connectivity index (χ0v) is 19.0. The van der Waals surface area contributed by atoms with Gasteiger partial charge in [-0.3, -0.25) is 9.69 Å². The van der Waals surface area contributed by atoms with Gasteiger partial charge in [0.2, 0.25) is 11.8 Å². The number of aromatic nitrogens is 1. The molecule has 2 N–H and O–H groups in total. The molecule has 1 atom stereocenters. The van der Waals surface area contributed by atoms with Crippen LogP contribution in [0.2, 0.25) is 0 Å². The first-order valence-electron chi connectivity index (χ1n) is 11.7. The molecule has 9 heteroatoms. The van der Waals surface area contributed by atoms with Crippen LogP contribution in [0, 0.1) is 5.41 Å². The van der Waals surface area contributed by atoms with Gasteiger partial charge in [-0.05, 0) is 57.9 Å². The van der Waals surface area contributed by atoms with Crippen LogP contribution in [0.25, 0.3) is 0 Å². The number of rotatable bonds is 5. The van der Waals surface area contributed by atoms with Crippen molar-refractivity contribution in [3.63, 3.8) is 0 Å². The van der Waals surface area contributed by atoms with E-state index in [1.54, 1.807) is 19.1 Å². The maximum Gasteiger partial charge on any atom is 0.411 e. The van der Waals surface area contributed by atoms with Gasteiger partial charge in [-0.1, -0.05) is 0 Å². The molecule has 1 aromatic heterocycles. The minimum Gasteiger partial charge on any atom is -0.481 e. The van der Waals surface area contributed by atoms with E-state index in [0.717, 1.165) is 58.0 Å². The van der Waals surface area contributed by atoms with Gasteiger partial charge in [0.05, 0.1) is 24.3 Å². The standard InChI is InChI=1S/C23H34N4O5/c1-3-26(22(30)31)18-9-10-19(32-2)24-20(18)25-13-4-11-23(15-25)12-14-27(21(23)29)16-5-7-17(28)8-6-16/h9-10,16-17,28H,3-8,11-15H2,1-2H3,(H,30,31)/t16?,17?,23-/m0/s1. The lowest BCUT2D eigenvalue weighted by Crippen LogP contribution is -2.50. The number of amides is 2. The first-order valence-corrected chi connectivity index (χ1v) is 11.7. The molecule has 4 rings (SSSR count). The van der Waals surface area contributed by atoms with E-state index in [0.29, 0.717) is 30.5 Å². The zero-order chi connectivity index (χ0) is 22.9. The van der Waals surface area contributed by atoms with Crippen LogP contribution < -0.4 is 14.5 Å². The number of likely N-dealkylation sites (tertiary alicyclic amines) is 1. The van der Waals surface area contributed by atoms with Crippen LogP contribution in [-0.4, -0.2) is 77.5 Å². The molecule has 0 unspecified atom stereocenters. The largest absolute Gasteiger partial charge is 0.481 e. The lowest BCUT2D eigenvalue weighted by molar-refractivity contribution is -0.139. The maximum absolute atomic E-state index is 13.6. The van der Waals surface area contributed by atoms with Crippen molar-refractivity contribution in [2.75, 3.05) is 43.1 Å². The van der Waals surface area contributed by atoms with E-state index in [1.165, 1.54) is 12.0 Å². The van der Waals surface area contributed by atoms with Gasteiger partial charge in [-0.25, -0.2) is 4.79 Å². The Morgan fingerprint density at radius 1 is 1.25 bits per heavy atom. The number of methoxy groups -OCH3 is 1. The van der Waals surface area contributed by atoms with E-state index in [2.05, 4.69) is 9.88 Å². The molecule has 9 nitrogen and oxygen atoms in total. The Bertz CT molecular complexity index is 857. The second-order valence-electron chi connectivity index (χ2n) is 9.24. The Balaban J connectivity index is 1.59. The summed E-state index contributed by atoms with van der Waals surface area (Å²) in [5, 5.41) is 19.5. The minimum absolute atomic E-state index is 0.207. The highest BCUT2D eigenvalue weighted by Crippen LogP contribution is 2.44. The number of carbonyl (C=O) groups excluding carboxylic acids is 1. The SMILES string of the molecule is CCN(C(=O)O)c1ccc(OC)nc1N1CCC[C@]2(CCN(C3CCC(O)CC3)C2=O)C1. The summed E-state index contributed by atoms with van der Waals surface area (Å²) in [7, 11) is 1.54. The van der Waals surface area contributed by atoms with E-state index in [4.69, 9.17) is 4.74 Å². The van der Waals surface area contributed by atoms with Gasteiger partial charge in [0, 0.05) is 38.3 Å². The Hall–Kier alpha value is -2.55. The van der Waals surface area contributed by atoms with Crippen molar-refractivity contribution in [2.45, 2.75) is 64.0 Å².